The van der Waals surface area contributed by atoms with Crippen molar-refractivity contribution < 1.29 is 19.0 Å². The Morgan fingerprint density at radius 3 is 2.42 bits per heavy atom. The van der Waals surface area contributed by atoms with E-state index in [0.29, 0.717) is 4.88 Å². The maximum atomic E-state index is 13.6. The molecule has 0 unspecified atom stereocenters. The van der Waals surface area contributed by atoms with Crippen LogP contribution in [0.15, 0.2) is 48.5 Å². The van der Waals surface area contributed by atoms with Gasteiger partial charge in [0.15, 0.2) is 11.6 Å². The van der Waals surface area contributed by atoms with Crippen LogP contribution in [-0.2, 0) is 0 Å². The number of aryl methyl sites for hydroxylation is 2. The van der Waals surface area contributed by atoms with E-state index >= 15 is 0 Å². The lowest BCUT2D eigenvalue weighted by Gasteiger charge is -2.06. The van der Waals surface area contributed by atoms with E-state index in [1.54, 1.807) is 12.1 Å². The van der Waals surface area contributed by atoms with Gasteiger partial charge in [0.2, 0.25) is 0 Å². The van der Waals surface area contributed by atoms with Crippen molar-refractivity contribution in [3.63, 3.8) is 0 Å². The number of hydrogen-bond donors (Lipinski definition) is 1. The van der Waals surface area contributed by atoms with Crippen LogP contribution in [0.3, 0.4) is 0 Å². The van der Waals surface area contributed by atoms with Crippen LogP contribution in [0.5, 0.6) is 11.5 Å². The predicted molar refractivity (Wildman–Crippen MR) is 92.3 cm³/mol. The Morgan fingerprint density at radius 1 is 1.08 bits per heavy atom. The molecule has 0 atom stereocenters. The van der Waals surface area contributed by atoms with Crippen LogP contribution in [0.25, 0.3) is 10.4 Å². The van der Waals surface area contributed by atoms with Crippen LogP contribution < -0.4 is 4.74 Å². The van der Waals surface area contributed by atoms with Crippen LogP contribution in [0, 0.1) is 19.7 Å². The van der Waals surface area contributed by atoms with Gasteiger partial charge in [0.05, 0.1) is 0 Å². The molecule has 5 heteroatoms. The number of benzene rings is 2. The molecule has 0 spiro atoms. The van der Waals surface area contributed by atoms with Gasteiger partial charge in [-0.1, -0.05) is 12.1 Å². The molecular weight excluding hydrogens is 327 g/mol. The molecule has 0 fully saturated rings. The van der Waals surface area contributed by atoms with Crippen LogP contribution >= 0.6 is 11.3 Å². The van der Waals surface area contributed by atoms with Crippen molar-refractivity contribution in [2.45, 2.75) is 13.8 Å². The molecule has 122 valence electrons. The SMILES string of the molecule is Cc1cc(-c2ccc(C(=O)Oc3ccccc3F)s2)cc(C)c1O. The van der Waals surface area contributed by atoms with E-state index in [0.717, 1.165) is 21.6 Å². The highest BCUT2D eigenvalue weighted by Crippen LogP contribution is 2.33. The number of phenols is 1. The minimum atomic E-state index is -0.594. The highest BCUT2D eigenvalue weighted by atomic mass is 32.1. The molecule has 0 aliphatic carbocycles. The largest absolute Gasteiger partial charge is 0.507 e. The lowest BCUT2D eigenvalue weighted by atomic mass is 10.0. The summed E-state index contributed by atoms with van der Waals surface area (Å²) < 4.78 is 18.7. The zero-order chi connectivity index (χ0) is 17.3. The molecule has 0 aliphatic rings. The minimum absolute atomic E-state index is 0.0891. The molecule has 3 rings (SSSR count). The van der Waals surface area contributed by atoms with E-state index in [4.69, 9.17) is 4.74 Å². The number of phenolic OH excluding ortho intramolecular Hbond substituents is 1. The molecule has 3 nitrogen and oxygen atoms in total. The quantitative estimate of drug-likeness (QED) is 0.532. The second-order valence-electron chi connectivity index (χ2n) is 5.44. The molecule has 0 amide bonds. The van der Waals surface area contributed by atoms with Crippen LogP contribution in [0.1, 0.15) is 20.8 Å². The summed E-state index contributed by atoms with van der Waals surface area (Å²) in [6, 6.07) is 13.0. The molecule has 0 bridgehead atoms. The Hall–Kier alpha value is -2.66. The van der Waals surface area contributed by atoms with Crippen molar-refractivity contribution in [3.05, 3.63) is 70.4 Å². The summed E-state index contributed by atoms with van der Waals surface area (Å²) in [7, 11) is 0. The fraction of sp³-hybridized carbons (Fsp3) is 0.105. The zero-order valence-corrected chi connectivity index (χ0v) is 14.0. The van der Waals surface area contributed by atoms with Gasteiger partial charge in [-0.15, -0.1) is 11.3 Å². The zero-order valence-electron chi connectivity index (χ0n) is 13.2. The summed E-state index contributed by atoms with van der Waals surface area (Å²) in [5.74, 6) is -0.987. The smallest absolute Gasteiger partial charge is 0.353 e. The van der Waals surface area contributed by atoms with Gasteiger partial charge in [-0.25, -0.2) is 9.18 Å². The molecule has 0 saturated heterocycles. The topological polar surface area (TPSA) is 46.5 Å². The fourth-order valence-corrected chi connectivity index (χ4v) is 3.25. The number of para-hydroxylation sites is 1. The number of thiophene rings is 1. The molecule has 1 aromatic heterocycles. The first-order valence-corrected chi connectivity index (χ1v) is 8.14. The lowest BCUT2D eigenvalue weighted by Crippen LogP contribution is -2.07. The van der Waals surface area contributed by atoms with Gasteiger partial charge in [-0.3, -0.25) is 0 Å². The third-order valence-electron chi connectivity index (χ3n) is 3.62. The Labute approximate surface area is 143 Å². The normalized spacial score (nSPS) is 10.6. The number of hydrogen-bond acceptors (Lipinski definition) is 4. The first-order valence-electron chi connectivity index (χ1n) is 7.33. The number of halogens is 1. The van der Waals surface area contributed by atoms with Crippen LogP contribution in [-0.4, -0.2) is 11.1 Å². The number of carbonyl (C=O) groups excluding carboxylic acids is 1. The highest BCUT2D eigenvalue weighted by molar-refractivity contribution is 7.17. The summed E-state index contributed by atoms with van der Waals surface area (Å²) >= 11 is 1.26. The van der Waals surface area contributed by atoms with Crippen molar-refractivity contribution in [1.82, 2.24) is 0 Å². The number of aromatic hydroxyl groups is 1. The fourth-order valence-electron chi connectivity index (χ4n) is 2.38. The number of ether oxygens (including phenoxy) is 1. The molecule has 24 heavy (non-hydrogen) atoms. The Bertz CT molecular complexity index is 891. The number of esters is 1. The summed E-state index contributed by atoms with van der Waals surface area (Å²) in [6.07, 6.45) is 0. The van der Waals surface area contributed by atoms with E-state index in [1.807, 2.05) is 32.0 Å². The summed E-state index contributed by atoms with van der Waals surface area (Å²) in [5, 5.41) is 9.85. The minimum Gasteiger partial charge on any atom is -0.507 e. The van der Waals surface area contributed by atoms with Gasteiger partial charge in [0, 0.05) is 4.88 Å². The van der Waals surface area contributed by atoms with Gasteiger partial charge < -0.3 is 9.84 Å². The van der Waals surface area contributed by atoms with E-state index in [2.05, 4.69) is 0 Å². The van der Waals surface area contributed by atoms with E-state index in [9.17, 15) is 14.3 Å². The number of rotatable bonds is 3. The van der Waals surface area contributed by atoms with Gasteiger partial charge in [-0.05, 0) is 66.9 Å². The molecule has 0 radical (unpaired) electrons. The Balaban J connectivity index is 1.85. The second kappa shape index (κ2) is 6.45. The van der Waals surface area contributed by atoms with Crippen molar-refractivity contribution in [2.24, 2.45) is 0 Å². The third kappa shape index (κ3) is 3.16. The number of carbonyl (C=O) groups is 1. The second-order valence-corrected chi connectivity index (χ2v) is 6.53. The maximum Gasteiger partial charge on any atom is 0.353 e. The molecule has 2 aromatic carbocycles. The summed E-state index contributed by atoms with van der Waals surface area (Å²) in [4.78, 5) is 13.4. The standard InChI is InChI=1S/C19H15FO3S/c1-11-9-13(10-12(2)18(11)21)16-7-8-17(24-16)19(22)23-15-6-4-3-5-14(15)20/h3-10,21H,1-2H3. The van der Waals surface area contributed by atoms with Crippen LogP contribution in [0.2, 0.25) is 0 Å². The molecule has 0 saturated carbocycles. The van der Waals surface area contributed by atoms with Gasteiger partial charge in [0.1, 0.15) is 10.6 Å². The average Bonchev–Trinajstić information content (AvgIpc) is 3.04. The van der Waals surface area contributed by atoms with Gasteiger partial charge in [-0.2, -0.15) is 0 Å². The Morgan fingerprint density at radius 2 is 1.75 bits per heavy atom. The molecule has 1 heterocycles. The van der Waals surface area contributed by atoms with Crippen molar-refractivity contribution >= 4 is 17.3 Å². The van der Waals surface area contributed by atoms with Crippen molar-refractivity contribution in [1.29, 1.82) is 0 Å². The van der Waals surface area contributed by atoms with Gasteiger partial charge in [0.25, 0.3) is 0 Å². The lowest BCUT2D eigenvalue weighted by molar-refractivity contribution is 0.0733. The monoisotopic (exact) mass is 342 g/mol. The summed E-state index contributed by atoms with van der Waals surface area (Å²) in [5.41, 5.74) is 2.46. The van der Waals surface area contributed by atoms with Crippen molar-refractivity contribution in [3.8, 4) is 21.9 Å². The average molecular weight is 342 g/mol. The van der Waals surface area contributed by atoms with Crippen LogP contribution in [0.4, 0.5) is 4.39 Å². The van der Waals surface area contributed by atoms with Gasteiger partial charge >= 0.3 is 5.97 Å². The summed E-state index contributed by atoms with van der Waals surface area (Å²) in [6.45, 7) is 3.65. The molecule has 1 N–H and O–H groups in total. The first-order chi connectivity index (χ1) is 11.5. The highest BCUT2D eigenvalue weighted by Gasteiger charge is 2.15. The first kappa shape index (κ1) is 16.2. The maximum absolute atomic E-state index is 13.6. The third-order valence-corrected chi connectivity index (χ3v) is 4.74. The molecule has 0 aliphatic heterocycles. The van der Waals surface area contributed by atoms with E-state index < -0.39 is 11.8 Å². The van der Waals surface area contributed by atoms with Crippen molar-refractivity contribution in [2.75, 3.05) is 0 Å². The molecule has 3 aromatic rings. The Kier molecular flexibility index (Phi) is 4.36. The predicted octanol–water partition coefficient (Wildman–Crippen LogP) is 5.10. The van der Waals surface area contributed by atoms with E-state index in [1.165, 1.54) is 29.5 Å². The van der Waals surface area contributed by atoms with E-state index in [-0.39, 0.29) is 11.5 Å². The molecular formula is C19H15FO3S.